The highest BCUT2D eigenvalue weighted by Crippen LogP contribution is 1.87. The van der Waals surface area contributed by atoms with Crippen LogP contribution in [0.25, 0.3) is 0 Å². The zero-order chi connectivity index (χ0) is 13.8. The molecule has 0 aromatic carbocycles. The monoisotopic (exact) mass is 265 g/mol. The Morgan fingerprint density at radius 3 is 2.42 bits per heavy atom. The van der Waals surface area contributed by atoms with E-state index in [1.54, 1.807) is 0 Å². The van der Waals surface area contributed by atoms with E-state index in [-0.39, 0.29) is 6.54 Å². The van der Waals surface area contributed by atoms with E-state index < -0.39 is 22.5 Å². The summed E-state index contributed by atoms with van der Waals surface area (Å²) in [6, 6.07) is 1.24. The summed E-state index contributed by atoms with van der Waals surface area (Å²) in [6.45, 7) is 0.573. The lowest BCUT2D eigenvalue weighted by atomic mass is 10.4. The zero-order valence-corrected chi connectivity index (χ0v) is 9.83. The molecule has 2 heterocycles. The predicted molar refractivity (Wildman–Crippen MR) is 65.1 cm³/mol. The van der Waals surface area contributed by atoms with Gasteiger partial charge in [-0.3, -0.25) is 19.6 Å². The molecule has 2 aromatic rings. The Bertz CT molecular complexity index is 729. The van der Waals surface area contributed by atoms with Gasteiger partial charge in [-0.25, -0.2) is 14.3 Å². The van der Waals surface area contributed by atoms with E-state index in [9.17, 15) is 19.2 Å². The Morgan fingerprint density at radius 1 is 1.00 bits per heavy atom. The number of aromatic amines is 2. The van der Waals surface area contributed by atoms with Crippen LogP contribution < -0.4 is 22.5 Å². The Morgan fingerprint density at radius 2 is 1.74 bits per heavy atom. The van der Waals surface area contributed by atoms with E-state index in [2.05, 4.69) is 15.1 Å². The molecular formula is C10H11N5O4. The van der Waals surface area contributed by atoms with E-state index in [4.69, 9.17) is 0 Å². The molecule has 0 fully saturated rings. The van der Waals surface area contributed by atoms with Crippen molar-refractivity contribution in [1.82, 2.24) is 24.3 Å². The molecule has 2 N–H and O–H groups in total. The van der Waals surface area contributed by atoms with Gasteiger partial charge >= 0.3 is 11.4 Å². The van der Waals surface area contributed by atoms with Gasteiger partial charge in [-0.2, -0.15) is 5.10 Å². The fourth-order valence-corrected chi connectivity index (χ4v) is 1.55. The lowest BCUT2D eigenvalue weighted by Crippen LogP contribution is -2.32. The fraction of sp³-hybridized carbons (Fsp3) is 0.300. The molecule has 9 nitrogen and oxygen atoms in total. The second-order valence-corrected chi connectivity index (χ2v) is 3.82. The Balaban J connectivity index is 2.04. The normalized spacial score (nSPS) is 10.5. The molecule has 0 radical (unpaired) electrons. The predicted octanol–water partition coefficient (Wildman–Crippen LogP) is -2.13. The van der Waals surface area contributed by atoms with Crippen LogP contribution >= 0.6 is 0 Å². The second-order valence-electron chi connectivity index (χ2n) is 3.82. The maximum absolute atomic E-state index is 11.4. The first-order valence-electron chi connectivity index (χ1n) is 5.52. The van der Waals surface area contributed by atoms with Crippen molar-refractivity contribution in [3.8, 4) is 0 Å². The van der Waals surface area contributed by atoms with Crippen molar-refractivity contribution in [3.63, 3.8) is 0 Å². The van der Waals surface area contributed by atoms with Crippen LogP contribution in [0.1, 0.15) is 6.42 Å². The van der Waals surface area contributed by atoms with Crippen molar-refractivity contribution in [2.45, 2.75) is 19.5 Å². The maximum atomic E-state index is 11.4. The minimum absolute atomic E-state index is 0.251. The van der Waals surface area contributed by atoms with Gasteiger partial charge in [0.15, 0.2) is 0 Å². The van der Waals surface area contributed by atoms with Crippen molar-refractivity contribution < 1.29 is 0 Å². The molecule has 19 heavy (non-hydrogen) atoms. The van der Waals surface area contributed by atoms with Crippen molar-refractivity contribution in [2.75, 3.05) is 0 Å². The summed E-state index contributed by atoms with van der Waals surface area (Å²) in [5, 5.41) is 3.66. The molecule has 0 aliphatic carbocycles. The lowest BCUT2D eigenvalue weighted by Gasteiger charge is -2.05. The average Bonchev–Trinajstić information content (AvgIpc) is 2.34. The quantitative estimate of drug-likeness (QED) is 0.653. The highest BCUT2D eigenvalue weighted by atomic mass is 16.2. The summed E-state index contributed by atoms with van der Waals surface area (Å²) in [7, 11) is 0. The summed E-state index contributed by atoms with van der Waals surface area (Å²) in [4.78, 5) is 48.6. The molecule has 0 amide bonds. The Labute approximate surface area is 105 Å². The van der Waals surface area contributed by atoms with E-state index in [0.717, 1.165) is 10.9 Å². The van der Waals surface area contributed by atoms with Crippen LogP contribution in [0.4, 0.5) is 0 Å². The van der Waals surface area contributed by atoms with Crippen molar-refractivity contribution >= 4 is 0 Å². The first kappa shape index (κ1) is 12.7. The zero-order valence-electron chi connectivity index (χ0n) is 9.83. The molecule has 0 saturated carbocycles. The van der Waals surface area contributed by atoms with Gasteiger partial charge < -0.3 is 4.57 Å². The van der Waals surface area contributed by atoms with Crippen LogP contribution in [0.15, 0.2) is 37.6 Å². The molecule has 0 aliphatic rings. The first-order chi connectivity index (χ1) is 9.06. The standard InChI is InChI=1S/C10H11N5O4/c16-7-2-5-14(9(18)12-7)3-1-4-15-10(19)13-8(17)6-11-15/h2,5-6H,1,3-4H2,(H,12,16,18)(H,13,17,19). The first-order valence-corrected chi connectivity index (χ1v) is 5.52. The van der Waals surface area contributed by atoms with Gasteiger partial charge in [-0.05, 0) is 6.42 Å². The number of aryl methyl sites for hydroxylation is 2. The van der Waals surface area contributed by atoms with Crippen LogP contribution in [0.2, 0.25) is 0 Å². The van der Waals surface area contributed by atoms with Gasteiger partial charge in [0.25, 0.3) is 11.1 Å². The fourth-order valence-electron chi connectivity index (χ4n) is 1.55. The lowest BCUT2D eigenvalue weighted by molar-refractivity contribution is 0.485. The molecular weight excluding hydrogens is 254 g/mol. The van der Waals surface area contributed by atoms with Gasteiger partial charge in [-0.1, -0.05) is 0 Å². The SMILES string of the molecule is O=c1ccn(CCCn2ncc(=O)[nH]c2=O)c(=O)[nH]1. The molecule has 2 aromatic heterocycles. The molecule has 0 bridgehead atoms. The molecule has 0 saturated heterocycles. The third-order valence-corrected chi connectivity index (χ3v) is 2.44. The number of hydrogen-bond donors (Lipinski definition) is 2. The molecule has 0 aliphatic heterocycles. The summed E-state index contributed by atoms with van der Waals surface area (Å²) in [6.07, 6.45) is 2.84. The second kappa shape index (κ2) is 5.29. The highest BCUT2D eigenvalue weighted by Gasteiger charge is 2.00. The Hall–Kier alpha value is -2.71. The van der Waals surface area contributed by atoms with Gasteiger partial charge in [0, 0.05) is 25.4 Å². The van der Waals surface area contributed by atoms with Crippen LogP contribution in [-0.4, -0.2) is 24.3 Å². The summed E-state index contributed by atoms with van der Waals surface area (Å²) >= 11 is 0. The van der Waals surface area contributed by atoms with Gasteiger partial charge in [-0.15, -0.1) is 0 Å². The molecule has 0 spiro atoms. The van der Waals surface area contributed by atoms with Crippen LogP contribution in [-0.2, 0) is 13.1 Å². The minimum atomic E-state index is -0.596. The Kier molecular flexibility index (Phi) is 3.55. The molecule has 100 valence electrons. The van der Waals surface area contributed by atoms with E-state index in [1.165, 1.54) is 16.8 Å². The van der Waals surface area contributed by atoms with Crippen LogP contribution in [0.3, 0.4) is 0 Å². The number of aromatic nitrogens is 5. The number of hydrogen-bond acceptors (Lipinski definition) is 5. The minimum Gasteiger partial charge on any atom is -0.301 e. The highest BCUT2D eigenvalue weighted by molar-refractivity contribution is 4.82. The van der Waals surface area contributed by atoms with Crippen LogP contribution in [0, 0.1) is 0 Å². The smallest absolute Gasteiger partial charge is 0.301 e. The number of nitrogens with one attached hydrogen (secondary N) is 2. The molecule has 2 rings (SSSR count). The summed E-state index contributed by atoms with van der Waals surface area (Å²) < 4.78 is 2.41. The average molecular weight is 265 g/mol. The van der Waals surface area contributed by atoms with Gasteiger partial charge in [0.1, 0.15) is 6.20 Å². The van der Waals surface area contributed by atoms with Crippen LogP contribution in [0.5, 0.6) is 0 Å². The molecule has 0 atom stereocenters. The van der Waals surface area contributed by atoms with Crippen molar-refractivity contribution in [1.29, 1.82) is 0 Å². The van der Waals surface area contributed by atoms with Gasteiger partial charge in [0.2, 0.25) is 0 Å². The topological polar surface area (TPSA) is 123 Å². The van der Waals surface area contributed by atoms with E-state index >= 15 is 0 Å². The maximum Gasteiger partial charge on any atom is 0.344 e. The number of rotatable bonds is 4. The number of nitrogens with zero attached hydrogens (tertiary/aromatic N) is 3. The third-order valence-electron chi connectivity index (χ3n) is 2.44. The van der Waals surface area contributed by atoms with Crippen molar-refractivity contribution in [2.24, 2.45) is 0 Å². The third kappa shape index (κ3) is 3.15. The summed E-state index contributed by atoms with van der Waals surface area (Å²) in [5.41, 5.74) is -2.12. The van der Waals surface area contributed by atoms with E-state index in [0.29, 0.717) is 13.0 Å². The summed E-state index contributed by atoms with van der Waals surface area (Å²) in [5.74, 6) is 0. The molecule has 0 unspecified atom stereocenters. The largest absolute Gasteiger partial charge is 0.344 e. The molecule has 9 heteroatoms. The van der Waals surface area contributed by atoms with E-state index in [1.807, 2.05) is 0 Å². The number of H-pyrrole nitrogens is 2. The van der Waals surface area contributed by atoms with Gasteiger partial charge in [0.05, 0.1) is 0 Å². The van der Waals surface area contributed by atoms with Crippen molar-refractivity contribution in [3.05, 3.63) is 60.1 Å².